The summed E-state index contributed by atoms with van der Waals surface area (Å²) >= 11 is 11.8. The maximum Gasteiger partial charge on any atom is 0.269 e. The van der Waals surface area contributed by atoms with Crippen LogP contribution in [0, 0.1) is 10.1 Å². The Kier molecular flexibility index (Phi) is 6.02. The number of halogens is 2. The number of hydrogen-bond donors (Lipinski definition) is 0. The SMILES string of the molecule is O=[N+]([O-])c1cccc(CN2CCN(S(=O)(=O)c3ccc(Cl)c(Cl)c3)CC2)c1. The molecular weight excluding hydrogens is 413 g/mol. The molecule has 27 heavy (non-hydrogen) atoms. The molecule has 0 spiro atoms. The molecule has 0 atom stereocenters. The number of sulfonamides is 1. The van der Waals surface area contributed by atoms with Gasteiger partial charge in [0.2, 0.25) is 10.0 Å². The van der Waals surface area contributed by atoms with Gasteiger partial charge >= 0.3 is 0 Å². The lowest BCUT2D eigenvalue weighted by molar-refractivity contribution is -0.384. The molecule has 0 unspecified atom stereocenters. The lowest BCUT2D eigenvalue weighted by Gasteiger charge is -2.34. The number of hydrogen-bond acceptors (Lipinski definition) is 5. The first kappa shape index (κ1) is 20.0. The highest BCUT2D eigenvalue weighted by atomic mass is 35.5. The fraction of sp³-hybridized carbons (Fsp3) is 0.294. The minimum atomic E-state index is -3.64. The Morgan fingerprint density at radius 2 is 1.70 bits per heavy atom. The second kappa shape index (κ2) is 8.12. The summed E-state index contributed by atoms with van der Waals surface area (Å²) in [4.78, 5) is 12.6. The monoisotopic (exact) mass is 429 g/mol. The third-order valence-corrected chi connectivity index (χ3v) is 7.02. The lowest BCUT2D eigenvalue weighted by Crippen LogP contribution is -2.48. The largest absolute Gasteiger partial charge is 0.296 e. The molecule has 1 heterocycles. The van der Waals surface area contributed by atoms with E-state index in [1.807, 2.05) is 6.07 Å². The summed E-state index contributed by atoms with van der Waals surface area (Å²) in [5.41, 5.74) is 0.873. The van der Waals surface area contributed by atoms with Gasteiger partial charge in [-0.1, -0.05) is 35.3 Å². The van der Waals surface area contributed by atoms with Crippen LogP contribution in [-0.2, 0) is 16.6 Å². The second-order valence-corrected chi connectivity index (χ2v) is 8.94. The Morgan fingerprint density at radius 3 is 2.33 bits per heavy atom. The van der Waals surface area contributed by atoms with Crippen molar-refractivity contribution in [2.24, 2.45) is 0 Å². The number of non-ortho nitro benzene ring substituents is 1. The van der Waals surface area contributed by atoms with Gasteiger partial charge in [-0.2, -0.15) is 4.31 Å². The average Bonchev–Trinajstić information content (AvgIpc) is 2.64. The molecule has 0 aliphatic carbocycles. The topological polar surface area (TPSA) is 83.8 Å². The Hall–Kier alpha value is -1.71. The number of nitro benzene ring substituents is 1. The molecule has 2 aromatic rings. The standard InChI is InChI=1S/C17H17Cl2N3O4S/c18-16-5-4-15(11-17(16)19)27(25,26)21-8-6-20(7-9-21)12-13-2-1-3-14(10-13)22(23)24/h1-5,10-11H,6-9,12H2. The Bertz CT molecular complexity index is 960. The van der Waals surface area contributed by atoms with Crippen molar-refractivity contribution >= 4 is 38.9 Å². The van der Waals surface area contributed by atoms with Crippen molar-refractivity contribution in [3.63, 3.8) is 0 Å². The summed E-state index contributed by atoms with van der Waals surface area (Å²) in [6.45, 7) is 2.25. The Balaban J connectivity index is 1.65. The lowest BCUT2D eigenvalue weighted by atomic mass is 10.2. The van der Waals surface area contributed by atoms with E-state index in [4.69, 9.17) is 23.2 Å². The smallest absolute Gasteiger partial charge is 0.269 e. The molecule has 3 rings (SSSR count). The van der Waals surface area contributed by atoms with Gasteiger partial charge in [0.25, 0.3) is 5.69 Å². The summed E-state index contributed by atoms with van der Waals surface area (Å²) < 4.78 is 26.9. The van der Waals surface area contributed by atoms with Crippen LogP contribution in [0.15, 0.2) is 47.4 Å². The van der Waals surface area contributed by atoms with Crippen LogP contribution < -0.4 is 0 Å². The molecule has 1 fully saturated rings. The van der Waals surface area contributed by atoms with Gasteiger partial charge < -0.3 is 0 Å². The van der Waals surface area contributed by atoms with Crippen LogP contribution in [0.25, 0.3) is 0 Å². The fourth-order valence-electron chi connectivity index (χ4n) is 2.94. The Labute approximate surface area is 167 Å². The molecule has 1 saturated heterocycles. The predicted molar refractivity (Wildman–Crippen MR) is 104 cm³/mol. The van der Waals surface area contributed by atoms with E-state index in [9.17, 15) is 18.5 Å². The first-order chi connectivity index (χ1) is 12.8. The van der Waals surface area contributed by atoms with Gasteiger partial charge in [0.05, 0.1) is 19.9 Å². The van der Waals surface area contributed by atoms with E-state index in [1.165, 1.54) is 28.6 Å². The molecule has 0 radical (unpaired) electrons. The number of nitrogens with zero attached hydrogens (tertiary/aromatic N) is 3. The number of benzene rings is 2. The average molecular weight is 430 g/mol. The van der Waals surface area contributed by atoms with Crippen molar-refractivity contribution in [1.29, 1.82) is 0 Å². The van der Waals surface area contributed by atoms with E-state index in [-0.39, 0.29) is 15.6 Å². The predicted octanol–water partition coefficient (Wildman–Crippen LogP) is 3.41. The van der Waals surface area contributed by atoms with Gasteiger partial charge in [-0.3, -0.25) is 15.0 Å². The van der Waals surface area contributed by atoms with Gasteiger partial charge in [-0.05, 0) is 23.8 Å². The van der Waals surface area contributed by atoms with Crippen LogP contribution in [0.1, 0.15) is 5.56 Å². The molecule has 7 nitrogen and oxygen atoms in total. The molecule has 0 N–H and O–H groups in total. The van der Waals surface area contributed by atoms with E-state index < -0.39 is 14.9 Å². The minimum Gasteiger partial charge on any atom is -0.296 e. The van der Waals surface area contributed by atoms with Crippen LogP contribution in [0.5, 0.6) is 0 Å². The maximum atomic E-state index is 12.8. The highest BCUT2D eigenvalue weighted by Gasteiger charge is 2.29. The van der Waals surface area contributed by atoms with Crippen molar-refractivity contribution in [2.75, 3.05) is 26.2 Å². The van der Waals surface area contributed by atoms with E-state index in [1.54, 1.807) is 12.1 Å². The summed E-state index contributed by atoms with van der Waals surface area (Å²) in [5.74, 6) is 0. The van der Waals surface area contributed by atoms with Crippen LogP contribution in [-0.4, -0.2) is 48.7 Å². The molecule has 144 valence electrons. The molecule has 0 saturated carbocycles. The van der Waals surface area contributed by atoms with Crippen molar-refractivity contribution in [1.82, 2.24) is 9.21 Å². The first-order valence-electron chi connectivity index (χ1n) is 8.18. The summed E-state index contributed by atoms with van der Waals surface area (Å²) in [5, 5.41) is 11.4. The van der Waals surface area contributed by atoms with Crippen molar-refractivity contribution in [2.45, 2.75) is 11.4 Å². The van der Waals surface area contributed by atoms with Gasteiger partial charge in [0, 0.05) is 44.9 Å². The molecule has 0 aromatic heterocycles. The van der Waals surface area contributed by atoms with Crippen LogP contribution in [0.2, 0.25) is 10.0 Å². The van der Waals surface area contributed by atoms with Crippen LogP contribution >= 0.6 is 23.2 Å². The van der Waals surface area contributed by atoms with Crippen molar-refractivity contribution < 1.29 is 13.3 Å². The normalized spacial score (nSPS) is 16.4. The summed E-state index contributed by atoms with van der Waals surface area (Å²) in [6.07, 6.45) is 0. The third kappa shape index (κ3) is 4.59. The zero-order chi connectivity index (χ0) is 19.6. The van der Waals surface area contributed by atoms with E-state index in [0.717, 1.165) is 5.56 Å². The molecule has 1 aliphatic heterocycles. The minimum absolute atomic E-state index is 0.0494. The van der Waals surface area contributed by atoms with Gasteiger partial charge in [-0.25, -0.2) is 8.42 Å². The fourth-order valence-corrected chi connectivity index (χ4v) is 4.75. The van der Waals surface area contributed by atoms with E-state index in [0.29, 0.717) is 37.7 Å². The summed E-state index contributed by atoms with van der Waals surface area (Å²) in [7, 11) is -3.64. The zero-order valence-electron chi connectivity index (χ0n) is 14.2. The molecule has 10 heteroatoms. The molecule has 0 bridgehead atoms. The second-order valence-electron chi connectivity index (χ2n) is 6.18. The Morgan fingerprint density at radius 1 is 1.00 bits per heavy atom. The number of rotatable bonds is 5. The number of nitro groups is 1. The first-order valence-corrected chi connectivity index (χ1v) is 10.4. The molecule has 2 aromatic carbocycles. The van der Waals surface area contributed by atoms with Crippen LogP contribution in [0.4, 0.5) is 5.69 Å². The van der Waals surface area contributed by atoms with Crippen molar-refractivity contribution in [3.8, 4) is 0 Å². The van der Waals surface area contributed by atoms with E-state index in [2.05, 4.69) is 4.90 Å². The highest BCUT2D eigenvalue weighted by molar-refractivity contribution is 7.89. The van der Waals surface area contributed by atoms with Crippen molar-refractivity contribution in [3.05, 3.63) is 68.2 Å². The van der Waals surface area contributed by atoms with Gasteiger partial charge in [0.15, 0.2) is 0 Å². The molecular formula is C17H17Cl2N3O4S. The third-order valence-electron chi connectivity index (χ3n) is 4.39. The molecule has 0 amide bonds. The summed E-state index contributed by atoms with van der Waals surface area (Å²) in [6, 6.07) is 10.7. The quantitative estimate of drug-likeness (QED) is 0.536. The maximum absolute atomic E-state index is 12.8. The van der Waals surface area contributed by atoms with Crippen LogP contribution in [0.3, 0.4) is 0 Å². The van der Waals surface area contributed by atoms with E-state index >= 15 is 0 Å². The highest BCUT2D eigenvalue weighted by Crippen LogP contribution is 2.27. The molecule has 1 aliphatic rings. The zero-order valence-corrected chi connectivity index (χ0v) is 16.5. The van der Waals surface area contributed by atoms with Gasteiger partial charge in [-0.15, -0.1) is 0 Å². The van der Waals surface area contributed by atoms with Gasteiger partial charge in [0.1, 0.15) is 0 Å². The number of piperazine rings is 1.